The Morgan fingerprint density at radius 1 is 1.14 bits per heavy atom. The molecule has 7 heteroatoms. The van der Waals surface area contributed by atoms with Gasteiger partial charge in [0.2, 0.25) is 5.91 Å². The van der Waals surface area contributed by atoms with Crippen LogP contribution in [-0.2, 0) is 4.79 Å². The van der Waals surface area contributed by atoms with Crippen molar-refractivity contribution in [3.05, 3.63) is 54.1 Å². The molecule has 1 aliphatic rings. The van der Waals surface area contributed by atoms with Crippen molar-refractivity contribution in [1.82, 2.24) is 10.2 Å². The van der Waals surface area contributed by atoms with Crippen LogP contribution in [0.5, 0.6) is 11.5 Å². The van der Waals surface area contributed by atoms with Crippen molar-refractivity contribution in [2.45, 2.75) is 25.4 Å². The van der Waals surface area contributed by atoms with E-state index >= 15 is 0 Å². The number of likely N-dealkylation sites (tertiary alicyclic amines) is 1. The summed E-state index contributed by atoms with van der Waals surface area (Å²) in [5, 5.41) is 5.64. The summed E-state index contributed by atoms with van der Waals surface area (Å²) in [4.78, 5) is 26.6. The Labute approximate surface area is 164 Å². The van der Waals surface area contributed by atoms with Gasteiger partial charge in [0.15, 0.2) is 0 Å². The maximum atomic E-state index is 12.4. The molecule has 0 aromatic heterocycles. The van der Waals surface area contributed by atoms with Crippen molar-refractivity contribution >= 4 is 17.6 Å². The van der Waals surface area contributed by atoms with Crippen LogP contribution >= 0.6 is 0 Å². The third kappa shape index (κ3) is 4.36. The highest BCUT2D eigenvalue weighted by molar-refractivity contribution is 5.92. The number of hydrogen-bond acceptors (Lipinski definition) is 4. The van der Waals surface area contributed by atoms with Gasteiger partial charge in [-0.05, 0) is 24.6 Å². The van der Waals surface area contributed by atoms with Gasteiger partial charge in [0, 0.05) is 19.0 Å². The summed E-state index contributed by atoms with van der Waals surface area (Å²) in [5.74, 6) is 1.16. The average molecular weight is 383 g/mol. The molecule has 2 N–H and O–H groups in total. The Bertz CT molecular complexity index is 841. The van der Waals surface area contributed by atoms with Crippen LogP contribution in [-0.4, -0.2) is 43.6 Å². The van der Waals surface area contributed by atoms with Crippen LogP contribution in [0.1, 0.15) is 24.9 Å². The molecule has 3 rings (SSSR count). The Morgan fingerprint density at radius 2 is 1.89 bits per heavy atom. The third-order valence-corrected chi connectivity index (χ3v) is 4.90. The van der Waals surface area contributed by atoms with E-state index in [1.807, 2.05) is 37.3 Å². The Morgan fingerprint density at radius 3 is 2.57 bits per heavy atom. The third-order valence-electron chi connectivity index (χ3n) is 4.90. The van der Waals surface area contributed by atoms with E-state index in [4.69, 9.17) is 9.47 Å². The fourth-order valence-electron chi connectivity index (χ4n) is 3.36. The molecule has 0 radical (unpaired) electrons. The highest BCUT2D eigenvalue weighted by Gasteiger charge is 2.34. The van der Waals surface area contributed by atoms with E-state index in [1.165, 1.54) is 7.11 Å². The fraction of sp³-hybridized carbons (Fsp3) is 0.333. The second-order valence-electron chi connectivity index (χ2n) is 6.70. The standard InChI is InChI=1S/C21H25N3O4/c1-14(15-7-5-4-6-8-15)24-13-16(11-20(24)25)22-21(26)23-18-10-9-17(27-2)12-19(18)28-3/h4-10,12,14,16H,11,13H2,1-3H3,(H2,22,23,26). The summed E-state index contributed by atoms with van der Waals surface area (Å²) in [5.41, 5.74) is 1.60. The van der Waals surface area contributed by atoms with Gasteiger partial charge in [-0.25, -0.2) is 4.79 Å². The molecule has 0 spiro atoms. The zero-order chi connectivity index (χ0) is 20.1. The van der Waals surface area contributed by atoms with E-state index in [9.17, 15) is 9.59 Å². The molecule has 0 bridgehead atoms. The number of ether oxygens (including phenoxy) is 2. The number of amides is 3. The number of anilines is 1. The van der Waals surface area contributed by atoms with Crippen molar-refractivity contribution in [2.24, 2.45) is 0 Å². The molecule has 7 nitrogen and oxygen atoms in total. The lowest BCUT2D eigenvalue weighted by Crippen LogP contribution is -2.40. The quantitative estimate of drug-likeness (QED) is 0.803. The van der Waals surface area contributed by atoms with E-state index in [-0.39, 0.29) is 30.4 Å². The van der Waals surface area contributed by atoms with Gasteiger partial charge in [-0.3, -0.25) is 4.79 Å². The van der Waals surface area contributed by atoms with Crippen LogP contribution in [0.15, 0.2) is 48.5 Å². The van der Waals surface area contributed by atoms with E-state index in [0.29, 0.717) is 23.7 Å². The summed E-state index contributed by atoms with van der Waals surface area (Å²) in [6, 6.07) is 14.3. The van der Waals surface area contributed by atoms with Crippen LogP contribution in [0.3, 0.4) is 0 Å². The summed E-state index contributed by atoms with van der Waals surface area (Å²) < 4.78 is 10.4. The topological polar surface area (TPSA) is 79.9 Å². The lowest BCUT2D eigenvalue weighted by Gasteiger charge is -2.25. The van der Waals surface area contributed by atoms with E-state index in [2.05, 4.69) is 10.6 Å². The summed E-state index contributed by atoms with van der Waals surface area (Å²) in [6.07, 6.45) is 0.282. The molecule has 148 valence electrons. The van der Waals surface area contributed by atoms with Gasteiger partial charge < -0.3 is 25.0 Å². The first-order valence-electron chi connectivity index (χ1n) is 9.15. The molecule has 2 aromatic carbocycles. The minimum Gasteiger partial charge on any atom is -0.497 e. The number of nitrogens with one attached hydrogen (secondary N) is 2. The first-order valence-corrected chi connectivity index (χ1v) is 9.15. The number of hydrogen-bond donors (Lipinski definition) is 2. The number of urea groups is 1. The van der Waals surface area contributed by atoms with E-state index in [1.54, 1.807) is 30.2 Å². The zero-order valence-corrected chi connectivity index (χ0v) is 16.3. The van der Waals surface area contributed by atoms with Crippen LogP contribution in [0.25, 0.3) is 0 Å². The highest BCUT2D eigenvalue weighted by Crippen LogP contribution is 2.29. The molecule has 3 amide bonds. The molecule has 28 heavy (non-hydrogen) atoms. The molecule has 0 aliphatic carbocycles. The number of rotatable bonds is 6. The SMILES string of the molecule is COc1ccc(NC(=O)NC2CC(=O)N(C(C)c3ccccc3)C2)c(OC)c1. The second kappa shape index (κ2) is 8.65. The summed E-state index contributed by atoms with van der Waals surface area (Å²) in [7, 11) is 3.09. The van der Waals surface area contributed by atoms with Crippen molar-refractivity contribution in [1.29, 1.82) is 0 Å². The van der Waals surface area contributed by atoms with Crippen molar-refractivity contribution in [2.75, 3.05) is 26.1 Å². The lowest BCUT2D eigenvalue weighted by atomic mass is 10.1. The molecule has 1 saturated heterocycles. The molecule has 2 aromatic rings. The first-order chi connectivity index (χ1) is 13.5. The molecule has 2 unspecified atom stereocenters. The van der Waals surface area contributed by atoms with Gasteiger partial charge in [0.1, 0.15) is 11.5 Å². The van der Waals surface area contributed by atoms with Gasteiger partial charge >= 0.3 is 6.03 Å². The number of carbonyl (C=O) groups is 2. The van der Waals surface area contributed by atoms with Crippen LogP contribution in [0.4, 0.5) is 10.5 Å². The van der Waals surface area contributed by atoms with Crippen LogP contribution in [0, 0.1) is 0 Å². The van der Waals surface area contributed by atoms with Gasteiger partial charge in [0.05, 0.1) is 32.0 Å². The molecule has 2 atom stereocenters. The van der Waals surface area contributed by atoms with E-state index < -0.39 is 0 Å². The predicted octanol–water partition coefficient (Wildman–Crippen LogP) is 3.19. The lowest BCUT2D eigenvalue weighted by molar-refractivity contribution is -0.129. The predicted molar refractivity (Wildman–Crippen MR) is 107 cm³/mol. The molecule has 1 heterocycles. The zero-order valence-electron chi connectivity index (χ0n) is 16.3. The summed E-state index contributed by atoms with van der Waals surface area (Å²) in [6.45, 7) is 2.47. The van der Waals surface area contributed by atoms with Gasteiger partial charge in [-0.2, -0.15) is 0 Å². The minimum absolute atomic E-state index is 0.0312. The van der Waals surface area contributed by atoms with E-state index in [0.717, 1.165) is 5.56 Å². The van der Waals surface area contributed by atoms with Gasteiger partial charge in [-0.1, -0.05) is 30.3 Å². The van der Waals surface area contributed by atoms with Crippen LogP contribution < -0.4 is 20.1 Å². The van der Waals surface area contributed by atoms with Crippen molar-refractivity contribution < 1.29 is 19.1 Å². The minimum atomic E-state index is -0.379. The average Bonchev–Trinajstić information content (AvgIpc) is 3.08. The van der Waals surface area contributed by atoms with Crippen LogP contribution in [0.2, 0.25) is 0 Å². The number of nitrogens with zero attached hydrogens (tertiary/aromatic N) is 1. The maximum Gasteiger partial charge on any atom is 0.319 e. The molecule has 0 saturated carbocycles. The molecule has 1 aliphatic heterocycles. The number of methoxy groups -OCH3 is 2. The monoisotopic (exact) mass is 383 g/mol. The smallest absolute Gasteiger partial charge is 0.319 e. The number of benzene rings is 2. The molecular weight excluding hydrogens is 358 g/mol. The summed E-state index contributed by atoms with van der Waals surface area (Å²) >= 11 is 0. The largest absolute Gasteiger partial charge is 0.497 e. The molecule has 1 fully saturated rings. The Balaban J connectivity index is 1.60. The highest BCUT2D eigenvalue weighted by atomic mass is 16.5. The Hall–Kier alpha value is -3.22. The number of carbonyl (C=O) groups excluding carboxylic acids is 2. The maximum absolute atomic E-state index is 12.4. The normalized spacial score (nSPS) is 17.2. The van der Waals surface area contributed by atoms with Crippen molar-refractivity contribution in [3.63, 3.8) is 0 Å². The molecular formula is C21H25N3O4. The van der Waals surface area contributed by atoms with Gasteiger partial charge in [0.25, 0.3) is 0 Å². The fourth-order valence-corrected chi connectivity index (χ4v) is 3.36. The first kappa shape index (κ1) is 19.5. The second-order valence-corrected chi connectivity index (χ2v) is 6.70. The Kier molecular flexibility index (Phi) is 6.03. The van der Waals surface area contributed by atoms with Gasteiger partial charge in [-0.15, -0.1) is 0 Å². The van der Waals surface area contributed by atoms with Crippen molar-refractivity contribution in [3.8, 4) is 11.5 Å².